The number of nitrogens with two attached hydrogens (primary N) is 1. The topological polar surface area (TPSA) is 84.2 Å². The molecule has 116 valence electrons. The quantitative estimate of drug-likeness (QED) is 0.688. The first kappa shape index (κ1) is 17.1. The molecule has 0 fully saturated rings. The molecule has 0 aromatic heterocycles. The van der Waals surface area contributed by atoms with E-state index in [2.05, 4.69) is 10.6 Å². The Morgan fingerprint density at radius 2 is 1.81 bits per heavy atom. The number of carbonyl (C=O) groups is 2. The normalized spacial score (nSPS) is 12.0. The number of benzene rings is 1. The van der Waals surface area contributed by atoms with E-state index < -0.39 is 6.04 Å². The average molecular weight is 295 g/mol. The summed E-state index contributed by atoms with van der Waals surface area (Å²) in [5.74, 6) is -0.876. The highest BCUT2D eigenvalue weighted by atomic mass is 19.1. The Bertz CT molecular complexity index is 474. The maximum atomic E-state index is 12.7. The van der Waals surface area contributed by atoms with E-state index in [1.54, 1.807) is 12.1 Å². The summed E-state index contributed by atoms with van der Waals surface area (Å²) in [7, 11) is 0. The van der Waals surface area contributed by atoms with E-state index in [1.165, 1.54) is 12.1 Å². The van der Waals surface area contributed by atoms with Crippen LogP contribution in [-0.2, 0) is 16.0 Å². The molecule has 0 saturated carbocycles. The first-order chi connectivity index (χ1) is 9.90. The summed E-state index contributed by atoms with van der Waals surface area (Å²) in [4.78, 5) is 23.1. The molecular weight excluding hydrogens is 273 g/mol. The zero-order valence-electron chi connectivity index (χ0n) is 12.4. The maximum Gasteiger partial charge on any atom is 0.239 e. The van der Waals surface area contributed by atoms with Crippen LogP contribution in [0, 0.1) is 11.7 Å². The first-order valence-corrected chi connectivity index (χ1v) is 6.94. The number of hydrogen-bond donors (Lipinski definition) is 3. The Balaban J connectivity index is 2.22. The van der Waals surface area contributed by atoms with Gasteiger partial charge in [0, 0.05) is 6.54 Å². The van der Waals surface area contributed by atoms with Crippen molar-refractivity contribution in [1.82, 2.24) is 10.6 Å². The summed E-state index contributed by atoms with van der Waals surface area (Å²) in [5.41, 5.74) is 6.59. The number of rotatable bonds is 7. The molecular formula is C15H22FN3O2. The molecule has 4 N–H and O–H groups in total. The van der Waals surface area contributed by atoms with Gasteiger partial charge in [-0.2, -0.15) is 0 Å². The Hall–Kier alpha value is -1.95. The van der Waals surface area contributed by atoms with Crippen LogP contribution in [0.5, 0.6) is 0 Å². The molecule has 1 aromatic carbocycles. The second kappa shape index (κ2) is 8.36. The predicted molar refractivity (Wildman–Crippen MR) is 78.9 cm³/mol. The van der Waals surface area contributed by atoms with Crippen molar-refractivity contribution in [3.63, 3.8) is 0 Å². The molecule has 1 rings (SSSR count). The Kier molecular flexibility index (Phi) is 6.81. The molecule has 0 heterocycles. The van der Waals surface area contributed by atoms with Crippen LogP contribution >= 0.6 is 0 Å². The highest BCUT2D eigenvalue weighted by molar-refractivity contribution is 5.87. The Morgan fingerprint density at radius 1 is 1.19 bits per heavy atom. The molecule has 0 aliphatic carbocycles. The summed E-state index contributed by atoms with van der Waals surface area (Å²) in [5, 5.41) is 5.18. The van der Waals surface area contributed by atoms with Gasteiger partial charge in [0.15, 0.2) is 0 Å². The van der Waals surface area contributed by atoms with E-state index in [1.807, 2.05) is 13.8 Å². The molecule has 0 radical (unpaired) electrons. The molecule has 0 aliphatic rings. The fourth-order valence-electron chi connectivity index (χ4n) is 1.65. The van der Waals surface area contributed by atoms with E-state index in [-0.39, 0.29) is 30.1 Å². The standard InChI is InChI=1S/C15H22FN3O2/c1-10(2)14(17)15(21)19-9-13(20)18-8-7-11-3-5-12(16)6-4-11/h3-6,10,14H,7-9,17H2,1-2H3,(H,18,20)(H,19,21)/t14-/m0/s1. The third kappa shape index (κ3) is 6.35. The molecule has 6 heteroatoms. The van der Waals surface area contributed by atoms with Gasteiger partial charge in [-0.3, -0.25) is 9.59 Å². The fourth-order valence-corrected chi connectivity index (χ4v) is 1.65. The van der Waals surface area contributed by atoms with E-state index in [0.29, 0.717) is 13.0 Å². The molecule has 0 unspecified atom stereocenters. The molecule has 0 aliphatic heterocycles. The number of carbonyl (C=O) groups excluding carboxylic acids is 2. The van der Waals surface area contributed by atoms with Crippen molar-refractivity contribution in [3.05, 3.63) is 35.6 Å². The van der Waals surface area contributed by atoms with Crippen molar-refractivity contribution in [2.24, 2.45) is 11.7 Å². The molecule has 5 nitrogen and oxygen atoms in total. The van der Waals surface area contributed by atoms with Gasteiger partial charge in [0.05, 0.1) is 12.6 Å². The van der Waals surface area contributed by atoms with Crippen molar-refractivity contribution in [1.29, 1.82) is 0 Å². The van der Waals surface area contributed by atoms with E-state index >= 15 is 0 Å². The minimum Gasteiger partial charge on any atom is -0.354 e. The summed E-state index contributed by atoms with van der Waals surface area (Å²) >= 11 is 0. The summed E-state index contributed by atoms with van der Waals surface area (Å²) in [6, 6.07) is 5.49. The monoisotopic (exact) mass is 295 g/mol. The van der Waals surface area contributed by atoms with Crippen molar-refractivity contribution in [2.45, 2.75) is 26.3 Å². The molecule has 21 heavy (non-hydrogen) atoms. The van der Waals surface area contributed by atoms with E-state index in [9.17, 15) is 14.0 Å². The third-order valence-corrected chi connectivity index (χ3v) is 3.09. The largest absolute Gasteiger partial charge is 0.354 e. The minimum absolute atomic E-state index is 0.0199. The van der Waals surface area contributed by atoms with E-state index in [4.69, 9.17) is 5.73 Å². The van der Waals surface area contributed by atoms with Gasteiger partial charge in [0.1, 0.15) is 5.82 Å². The number of nitrogens with one attached hydrogen (secondary N) is 2. The van der Waals surface area contributed by atoms with Gasteiger partial charge < -0.3 is 16.4 Å². The van der Waals surface area contributed by atoms with Crippen molar-refractivity contribution in [2.75, 3.05) is 13.1 Å². The predicted octanol–water partition coefficient (Wildman–Crippen LogP) is 0.584. The third-order valence-electron chi connectivity index (χ3n) is 3.09. The van der Waals surface area contributed by atoms with Crippen LogP contribution in [0.1, 0.15) is 19.4 Å². The van der Waals surface area contributed by atoms with Gasteiger partial charge in [-0.05, 0) is 30.0 Å². The molecule has 1 aromatic rings. The zero-order valence-corrected chi connectivity index (χ0v) is 12.4. The van der Waals surface area contributed by atoms with Gasteiger partial charge in [-0.15, -0.1) is 0 Å². The minimum atomic E-state index is -0.614. The van der Waals surface area contributed by atoms with Gasteiger partial charge in [-0.25, -0.2) is 4.39 Å². The van der Waals surface area contributed by atoms with Crippen LogP contribution < -0.4 is 16.4 Å². The highest BCUT2D eigenvalue weighted by Gasteiger charge is 2.17. The second-order valence-electron chi connectivity index (χ2n) is 5.21. The molecule has 0 saturated heterocycles. The molecule has 0 bridgehead atoms. The van der Waals surface area contributed by atoms with Gasteiger partial charge >= 0.3 is 0 Å². The lowest BCUT2D eigenvalue weighted by atomic mass is 10.1. The van der Waals surface area contributed by atoms with Gasteiger partial charge in [-0.1, -0.05) is 26.0 Å². The van der Waals surface area contributed by atoms with E-state index in [0.717, 1.165) is 5.56 Å². The lowest BCUT2D eigenvalue weighted by Gasteiger charge is -2.15. The van der Waals surface area contributed by atoms with Crippen molar-refractivity contribution < 1.29 is 14.0 Å². The fraction of sp³-hybridized carbons (Fsp3) is 0.467. The van der Waals surface area contributed by atoms with Crippen LogP contribution in [-0.4, -0.2) is 30.9 Å². The first-order valence-electron chi connectivity index (χ1n) is 6.94. The Morgan fingerprint density at radius 3 is 2.38 bits per heavy atom. The smallest absolute Gasteiger partial charge is 0.239 e. The molecule has 1 atom stereocenters. The van der Waals surface area contributed by atoms with Crippen LogP contribution in [0.3, 0.4) is 0 Å². The maximum absolute atomic E-state index is 12.7. The molecule has 2 amide bonds. The summed E-state index contributed by atoms with van der Waals surface area (Å²) in [6.45, 7) is 4.01. The number of amides is 2. The van der Waals surface area contributed by atoms with Crippen LogP contribution in [0.2, 0.25) is 0 Å². The van der Waals surface area contributed by atoms with Gasteiger partial charge in [0.2, 0.25) is 11.8 Å². The Labute approximate surface area is 124 Å². The summed E-state index contributed by atoms with van der Waals surface area (Å²) < 4.78 is 12.7. The number of halogens is 1. The van der Waals surface area contributed by atoms with Gasteiger partial charge in [0.25, 0.3) is 0 Å². The lowest BCUT2D eigenvalue weighted by molar-refractivity contribution is -0.127. The highest BCUT2D eigenvalue weighted by Crippen LogP contribution is 2.02. The molecule has 0 spiro atoms. The van der Waals surface area contributed by atoms with Crippen LogP contribution in [0.4, 0.5) is 4.39 Å². The van der Waals surface area contributed by atoms with Crippen LogP contribution in [0.15, 0.2) is 24.3 Å². The lowest BCUT2D eigenvalue weighted by Crippen LogP contribution is -2.47. The van der Waals surface area contributed by atoms with Crippen LogP contribution in [0.25, 0.3) is 0 Å². The number of hydrogen-bond acceptors (Lipinski definition) is 3. The SMILES string of the molecule is CC(C)[C@H](N)C(=O)NCC(=O)NCCc1ccc(F)cc1. The van der Waals surface area contributed by atoms with Crippen molar-refractivity contribution in [3.8, 4) is 0 Å². The van der Waals surface area contributed by atoms with Crippen molar-refractivity contribution >= 4 is 11.8 Å². The second-order valence-corrected chi connectivity index (χ2v) is 5.21. The zero-order chi connectivity index (χ0) is 15.8. The summed E-state index contributed by atoms with van der Waals surface area (Å²) in [6.07, 6.45) is 0.603. The average Bonchev–Trinajstić information content (AvgIpc) is 2.46.